The molecule has 7 heteroatoms. The summed E-state index contributed by atoms with van der Waals surface area (Å²) in [4.78, 5) is 24.3. The molecule has 1 atom stereocenters. The average molecular weight is 390 g/mol. The number of anilines is 1. The van der Waals surface area contributed by atoms with Gasteiger partial charge in [-0.3, -0.25) is 9.59 Å². The maximum Gasteiger partial charge on any atom is 0.291 e. The molecule has 1 saturated heterocycles. The summed E-state index contributed by atoms with van der Waals surface area (Å²) in [5, 5.41) is 9.19. The smallest absolute Gasteiger partial charge is 0.291 e. The lowest BCUT2D eigenvalue weighted by atomic mass is 9.92. The number of carbonyl (C=O) groups is 2. The highest BCUT2D eigenvalue weighted by Crippen LogP contribution is 2.58. The summed E-state index contributed by atoms with van der Waals surface area (Å²) in [5.41, 5.74) is 1.96. The molecule has 2 heterocycles. The van der Waals surface area contributed by atoms with Crippen LogP contribution in [-0.4, -0.2) is 24.9 Å². The van der Waals surface area contributed by atoms with Gasteiger partial charge in [-0.2, -0.15) is 0 Å². The normalized spacial score (nSPS) is 19.8. The van der Waals surface area contributed by atoms with Gasteiger partial charge >= 0.3 is 0 Å². The molecule has 1 aliphatic heterocycles. The summed E-state index contributed by atoms with van der Waals surface area (Å²) in [5.74, 6) is 0.341. The second kappa shape index (κ2) is 8.15. The summed E-state index contributed by atoms with van der Waals surface area (Å²) in [6.07, 6.45) is 4.71. The van der Waals surface area contributed by atoms with Gasteiger partial charge in [-0.25, -0.2) is 0 Å². The molecule has 1 aromatic carbocycles. The Morgan fingerprint density at radius 1 is 1.15 bits per heavy atom. The SMILES string of the molecule is Cl.O=C(Nc1ccc(CNC(=O)C2CC23CCNCC3)cc1)c1ccco1. The van der Waals surface area contributed by atoms with Crippen LogP contribution in [0.25, 0.3) is 0 Å². The zero-order chi connectivity index (χ0) is 18.0. The first-order chi connectivity index (χ1) is 12.7. The van der Waals surface area contributed by atoms with Crippen molar-refractivity contribution in [3.63, 3.8) is 0 Å². The minimum absolute atomic E-state index is 0. The third-order valence-corrected chi connectivity index (χ3v) is 5.53. The maximum atomic E-state index is 12.4. The van der Waals surface area contributed by atoms with Crippen LogP contribution in [0.2, 0.25) is 0 Å². The molecule has 1 unspecified atom stereocenters. The largest absolute Gasteiger partial charge is 0.459 e. The molecule has 2 aromatic rings. The number of nitrogens with one attached hydrogen (secondary N) is 3. The number of carbonyl (C=O) groups excluding carboxylic acids is 2. The quantitative estimate of drug-likeness (QED) is 0.734. The number of hydrogen-bond donors (Lipinski definition) is 3. The van der Waals surface area contributed by atoms with Crippen molar-refractivity contribution in [2.45, 2.75) is 25.8 Å². The summed E-state index contributed by atoms with van der Waals surface area (Å²) in [6, 6.07) is 10.8. The van der Waals surface area contributed by atoms with Gasteiger partial charge in [0, 0.05) is 18.2 Å². The van der Waals surface area contributed by atoms with E-state index in [1.165, 1.54) is 6.26 Å². The molecule has 27 heavy (non-hydrogen) atoms. The Balaban J connectivity index is 0.00000210. The van der Waals surface area contributed by atoms with Gasteiger partial charge in [0.05, 0.1) is 6.26 Å². The second-order valence-electron chi connectivity index (χ2n) is 7.22. The molecule has 6 nitrogen and oxygen atoms in total. The lowest BCUT2D eigenvalue weighted by Gasteiger charge is -2.23. The Labute approximate surface area is 164 Å². The highest BCUT2D eigenvalue weighted by Gasteiger charge is 2.57. The van der Waals surface area contributed by atoms with Crippen LogP contribution in [0.5, 0.6) is 0 Å². The van der Waals surface area contributed by atoms with Crippen molar-refractivity contribution in [1.29, 1.82) is 0 Å². The van der Waals surface area contributed by atoms with Gasteiger partial charge in [0.2, 0.25) is 5.91 Å². The van der Waals surface area contributed by atoms with Crippen molar-refractivity contribution in [3.8, 4) is 0 Å². The fraction of sp³-hybridized carbons (Fsp3) is 0.400. The van der Waals surface area contributed by atoms with Gasteiger partial charge in [0.15, 0.2) is 5.76 Å². The molecular weight excluding hydrogens is 366 g/mol. The van der Waals surface area contributed by atoms with Gasteiger partial charge in [0.25, 0.3) is 5.91 Å². The van der Waals surface area contributed by atoms with Crippen LogP contribution in [0, 0.1) is 11.3 Å². The van der Waals surface area contributed by atoms with E-state index in [0.29, 0.717) is 12.2 Å². The number of rotatable bonds is 5. The van der Waals surface area contributed by atoms with Crippen LogP contribution < -0.4 is 16.0 Å². The van der Waals surface area contributed by atoms with E-state index >= 15 is 0 Å². The Morgan fingerprint density at radius 3 is 2.56 bits per heavy atom. The zero-order valence-electron chi connectivity index (χ0n) is 15.0. The topological polar surface area (TPSA) is 83.4 Å². The molecule has 4 rings (SSSR count). The van der Waals surface area contributed by atoms with Crippen LogP contribution in [-0.2, 0) is 11.3 Å². The predicted octanol–water partition coefficient (Wildman–Crippen LogP) is 2.96. The molecule has 2 fully saturated rings. The summed E-state index contributed by atoms with van der Waals surface area (Å²) in [6.45, 7) is 2.56. The maximum absolute atomic E-state index is 12.4. The van der Waals surface area contributed by atoms with E-state index in [-0.39, 0.29) is 41.3 Å². The first-order valence-electron chi connectivity index (χ1n) is 9.09. The molecular formula is C20H24ClN3O3. The molecule has 2 amide bonds. The fourth-order valence-electron chi connectivity index (χ4n) is 3.81. The van der Waals surface area contributed by atoms with E-state index in [2.05, 4.69) is 16.0 Å². The van der Waals surface area contributed by atoms with Crippen molar-refractivity contribution < 1.29 is 14.0 Å². The third kappa shape index (κ3) is 4.34. The molecule has 1 aromatic heterocycles. The van der Waals surface area contributed by atoms with E-state index in [9.17, 15) is 9.59 Å². The summed E-state index contributed by atoms with van der Waals surface area (Å²) in [7, 11) is 0. The van der Waals surface area contributed by atoms with Gasteiger partial charge in [-0.05, 0) is 67.6 Å². The Morgan fingerprint density at radius 2 is 1.89 bits per heavy atom. The number of furan rings is 1. The van der Waals surface area contributed by atoms with E-state index in [1.54, 1.807) is 12.1 Å². The monoisotopic (exact) mass is 389 g/mol. The van der Waals surface area contributed by atoms with Gasteiger partial charge < -0.3 is 20.4 Å². The third-order valence-electron chi connectivity index (χ3n) is 5.53. The standard InChI is InChI=1S/C20H23N3O3.ClH/c24-18(16-12-20(16)7-9-21-10-8-20)22-13-14-3-5-15(6-4-14)23-19(25)17-2-1-11-26-17;/h1-6,11,16,21H,7-10,12-13H2,(H,22,24)(H,23,25);1H. The number of hydrogen-bond acceptors (Lipinski definition) is 4. The molecule has 0 bridgehead atoms. The first-order valence-corrected chi connectivity index (χ1v) is 9.09. The highest BCUT2D eigenvalue weighted by atomic mass is 35.5. The van der Waals surface area contributed by atoms with Crippen LogP contribution in [0.3, 0.4) is 0 Å². The molecule has 1 spiro atoms. The van der Waals surface area contributed by atoms with Crippen molar-refractivity contribution in [1.82, 2.24) is 10.6 Å². The molecule has 0 radical (unpaired) electrons. The zero-order valence-corrected chi connectivity index (χ0v) is 15.8. The minimum atomic E-state index is -0.281. The van der Waals surface area contributed by atoms with E-state index < -0.39 is 0 Å². The first kappa shape index (κ1) is 19.5. The van der Waals surface area contributed by atoms with Crippen molar-refractivity contribution in [2.75, 3.05) is 18.4 Å². The molecule has 1 aliphatic carbocycles. The number of benzene rings is 1. The van der Waals surface area contributed by atoms with Crippen molar-refractivity contribution in [3.05, 3.63) is 54.0 Å². The Kier molecular flexibility index (Phi) is 5.87. The number of amides is 2. The summed E-state index contributed by atoms with van der Waals surface area (Å²) < 4.78 is 5.07. The van der Waals surface area contributed by atoms with Gasteiger partial charge in [0.1, 0.15) is 0 Å². The van der Waals surface area contributed by atoms with Crippen LogP contribution in [0.1, 0.15) is 35.4 Å². The van der Waals surface area contributed by atoms with E-state index in [0.717, 1.165) is 37.9 Å². The van der Waals surface area contributed by atoms with Crippen molar-refractivity contribution >= 4 is 29.9 Å². The van der Waals surface area contributed by atoms with Crippen LogP contribution in [0.4, 0.5) is 5.69 Å². The van der Waals surface area contributed by atoms with Crippen LogP contribution >= 0.6 is 12.4 Å². The van der Waals surface area contributed by atoms with Crippen LogP contribution in [0.15, 0.2) is 47.1 Å². The minimum Gasteiger partial charge on any atom is -0.459 e. The number of piperidine rings is 1. The lowest BCUT2D eigenvalue weighted by Crippen LogP contribution is -2.33. The van der Waals surface area contributed by atoms with E-state index in [1.807, 2.05) is 24.3 Å². The molecule has 1 saturated carbocycles. The van der Waals surface area contributed by atoms with Crippen molar-refractivity contribution in [2.24, 2.45) is 11.3 Å². The second-order valence-corrected chi connectivity index (χ2v) is 7.22. The lowest BCUT2D eigenvalue weighted by molar-refractivity contribution is -0.123. The van der Waals surface area contributed by atoms with Gasteiger partial charge in [-0.15, -0.1) is 12.4 Å². The number of halogens is 1. The molecule has 3 N–H and O–H groups in total. The molecule has 2 aliphatic rings. The average Bonchev–Trinajstić information content (AvgIpc) is 3.09. The Hall–Kier alpha value is -2.31. The molecule has 144 valence electrons. The van der Waals surface area contributed by atoms with E-state index in [4.69, 9.17) is 4.42 Å². The van der Waals surface area contributed by atoms with Gasteiger partial charge in [-0.1, -0.05) is 12.1 Å². The predicted molar refractivity (Wildman–Crippen MR) is 105 cm³/mol. The highest BCUT2D eigenvalue weighted by molar-refractivity contribution is 6.02. The Bertz CT molecular complexity index is 783. The summed E-state index contributed by atoms with van der Waals surface area (Å²) >= 11 is 0. The fourth-order valence-corrected chi connectivity index (χ4v) is 3.81.